The quantitative estimate of drug-likeness (QED) is 0.634. The molecule has 4 rings (SSSR count). The van der Waals surface area contributed by atoms with Crippen LogP contribution in [0.4, 0.5) is 8.78 Å². The summed E-state index contributed by atoms with van der Waals surface area (Å²) in [6.45, 7) is 2.47. The van der Waals surface area contributed by atoms with Crippen LogP contribution in [0.1, 0.15) is 12.0 Å². The SMILES string of the molecule is Cc1cc(Cl)cc(O)c1-c1cc2ccn(CC3CCN(C)CC3(F)F)c2nn1.Cl. The molecule has 5 nitrogen and oxygen atoms in total. The Balaban J connectivity index is 0.00000240. The van der Waals surface area contributed by atoms with Gasteiger partial charge in [-0.05, 0) is 56.8 Å². The van der Waals surface area contributed by atoms with E-state index in [0.29, 0.717) is 34.9 Å². The predicted octanol–water partition coefficient (Wildman–Crippen LogP) is 4.77. The maximum absolute atomic E-state index is 14.4. The van der Waals surface area contributed by atoms with Gasteiger partial charge < -0.3 is 14.6 Å². The minimum absolute atomic E-state index is 0. The van der Waals surface area contributed by atoms with Gasteiger partial charge in [0.15, 0.2) is 5.65 Å². The number of alkyl halides is 2. The molecule has 2 aromatic heterocycles. The molecule has 1 atom stereocenters. The number of rotatable bonds is 3. The smallest absolute Gasteiger partial charge is 0.265 e. The molecule has 1 fully saturated rings. The molecular weight excluding hydrogens is 421 g/mol. The average molecular weight is 443 g/mol. The van der Waals surface area contributed by atoms with Crippen molar-refractivity contribution in [2.45, 2.75) is 25.8 Å². The number of halogens is 4. The first-order valence-corrected chi connectivity index (χ1v) is 9.51. The van der Waals surface area contributed by atoms with Gasteiger partial charge in [0.1, 0.15) is 5.75 Å². The molecule has 1 aliphatic rings. The van der Waals surface area contributed by atoms with Gasteiger partial charge in [0.25, 0.3) is 5.92 Å². The van der Waals surface area contributed by atoms with Crippen molar-refractivity contribution < 1.29 is 13.9 Å². The molecule has 0 spiro atoms. The summed E-state index contributed by atoms with van der Waals surface area (Å²) in [5.74, 6) is -3.43. The van der Waals surface area contributed by atoms with Crippen molar-refractivity contribution >= 4 is 35.0 Å². The van der Waals surface area contributed by atoms with Crippen LogP contribution < -0.4 is 0 Å². The normalized spacial score (nSPS) is 19.3. The molecule has 156 valence electrons. The van der Waals surface area contributed by atoms with E-state index in [1.807, 2.05) is 19.1 Å². The van der Waals surface area contributed by atoms with Gasteiger partial charge in [-0.25, -0.2) is 8.78 Å². The largest absolute Gasteiger partial charge is 0.507 e. The topological polar surface area (TPSA) is 54.2 Å². The van der Waals surface area contributed by atoms with Crippen molar-refractivity contribution in [2.24, 2.45) is 5.92 Å². The second-order valence-electron chi connectivity index (χ2n) is 7.58. The number of aromatic hydroxyl groups is 1. The van der Waals surface area contributed by atoms with E-state index in [1.165, 1.54) is 6.07 Å². The zero-order valence-corrected chi connectivity index (χ0v) is 17.6. The summed E-state index contributed by atoms with van der Waals surface area (Å²) in [6, 6.07) is 6.85. The molecule has 1 unspecified atom stereocenters. The lowest BCUT2D eigenvalue weighted by molar-refractivity contribution is -0.110. The fourth-order valence-corrected chi connectivity index (χ4v) is 4.20. The zero-order chi connectivity index (χ0) is 20.1. The minimum atomic E-state index is -2.73. The number of aryl methyl sites for hydroxylation is 1. The van der Waals surface area contributed by atoms with Gasteiger partial charge in [0.05, 0.1) is 12.2 Å². The third-order valence-electron chi connectivity index (χ3n) is 5.40. The van der Waals surface area contributed by atoms with Crippen molar-refractivity contribution in [1.29, 1.82) is 0 Å². The Morgan fingerprint density at radius 1 is 1.28 bits per heavy atom. The summed E-state index contributed by atoms with van der Waals surface area (Å²) in [4.78, 5) is 1.66. The zero-order valence-electron chi connectivity index (χ0n) is 16.1. The molecule has 1 aliphatic heterocycles. The number of phenols is 1. The van der Waals surface area contributed by atoms with Crippen LogP contribution in [0.2, 0.25) is 5.02 Å². The number of nitrogens with zero attached hydrogens (tertiary/aromatic N) is 4. The number of hydrogen-bond acceptors (Lipinski definition) is 4. The van der Waals surface area contributed by atoms with E-state index in [4.69, 9.17) is 11.6 Å². The Morgan fingerprint density at radius 3 is 2.72 bits per heavy atom. The van der Waals surface area contributed by atoms with Crippen LogP contribution in [0, 0.1) is 12.8 Å². The third kappa shape index (κ3) is 4.17. The van der Waals surface area contributed by atoms with Gasteiger partial charge >= 0.3 is 0 Å². The number of piperidine rings is 1. The molecule has 1 aromatic carbocycles. The fourth-order valence-electron chi connectivity index (χ4n) is 3.93. The van der Waals surface area contributed by atoms with Crippen LogP contribution >= 0.6 is 24.0 Å². The molecule has 0 aliphatic carbocycles. The molecule has 1 saturated heterocycles. The first kappa shape index (κ1) is 21.7. The number of aromatic nitrogens is 3. The van der Waals surface area contributed by atoms with Crippen molar-refractivity contribution in [3.8, 4) is 17.0 Å². The molecule has 0 bridgehead atoms. The summed E-state index contributed by atoms with van der Waals surface area (Å²) in [5, 5.41) is 20.0. The van der Waals surface area contributed by atoms with Crippen LogP contribution in [-0.4, -0.2) is 50.8 Å². The standard InChI is InChI=1S/C20H21ClF2N4O.ClH/c1-12-7-15(21)9-17(28)18(12)16-8-13-3-6-27(19(13)25-24-16)10-14-4-5-26(2)11-20(14,22)23;/h3,6-9,14,28H,4-5,10-11H2,1-2H3;1H. The molecule has 0 saturated carbocycles. The monoisotopic (exact) mass is 442 g/mol. The van der Waals surface area contributed by atoms with Crippen molar-refractivity contribution in [3.63, 3.8) is 0 Å². The van der Waals surface area contributed by atoms with Gasteiger partial charge in [-0.15, -0.1) is 22.6 Å². The van der Waals surface area contributed by atoms with E-state index >= 15 is 0 Å². The number of likely N-dealkylation sites (tertiary alicyclic amines) is 1. The lowest BCUT2D eigenvalue weighted by Gasteiger charge is -2.36. The van der Waals surface area contributed by atoms with Crippen molar-refractivity contribution in [1.82, 2.24) is 19.7 Å². The van der Waals surface area contributed by atoms with Crippen LogP contribution in [0.15, 0.2) is 30.5 Å². The Bertz CT molecular complexity index is 1020. The summed E-state index contributed by atoms with van der Waals surface area (Å²) in [6.07, 6.45) is 2.21. The second-order valence-corrected chi connectivity index (χ2v) is 8.01. The second kappa shape index (κ2) is 8.05. The lowest BCUT2D eigenvalue weighted by atomic mass is 9.93. The maximum atomic E-state index is 14.4. The number of fused-ring (bicyclic) bond motifs is 1. The Kier molecular flexibility index (Phi) is 6.03. The molecule has 0 amide bonds. The van der Waals surface area contributed by atoms with E-state index in [-0.39, 0.29) is 31.2 Å². The third-order valence-corrected chi connectivity index (χ3v) is 5.62. The average Bonchev–Trinajstić information content (AvgIpc) is 2.98. The molecule has 3 aromatic rings. The highest BCUT2D eigenvalue weighted by Gasteiger charge is 2.43. The number of hydrogen-bond donors (Lipinski definition) is 1. The highest BCUT2D eigenvalue weighted by atomic mass is 35.5. The molecule has 29 heavy (non-hydrogen) atoms. The van der Waals surface area contributed by atoms with Gasteiger partial charge in [-0.3, -0.25) is 0 Å². The Morgan fingerprint density at radius 2 is 2.03 bits per heavy atom. The first-order valence-electron chi connectivity index (χ1n) is 9.13. The lowest BCUT2D eigenvalue weighted by Crippen LogP contribution is -2.48. The molecule has 1 N–H and O–H groups in total. The summed E-state index contributed by atoms with van der Waals surface area (Å²) in [7, 11) is 1.72. The number of benzene rings is 1. The van der Waals surface area contributed by atoms with Gasteiger partial charge in [-0.1, -0.05) is 11.6 Å². The van der Waals surface area contributed by atoms with Gasteiger partial charge in [-0.2, -0.15) is 0 Å². The van der Waals surface area contributed by atoms with E-state index in [2.05, 4.69) is 10.2 Å². The Hall–Kier alpha value is -1.96. The summed E-state index contributed by atoms with van der Waals surface area (Å²) in [5.41, 5.74) is 2.42. The van der Waals surface area contributed by atoms with E-state index < -0.39 is 11.8 Å². The fraction of sp³-hybridized carbons (Fsp3) is 0.400. The Labute approximate surface area is 178 Å². The van der Waals surface area contributed by atoms with E-state index in [0.717, 1.165) is 10.9 Å². The first-order chi connectivity index (χ1) is 13.2. The van der Waals surface area contributed by atoms with Crippen molar-refractivity contribution in [2.75, 3.05) is 20.1 Å². The van der Waals surface area contributed by atoms with Crippen LogP contribution in [-0.2, 0) is 6.54 Å². The van der Waals surface area contributed by atoms with Crippen LogP contribution in [0.3, 0.4) is 0 Å². The van der Waals surface area contributed by atoms with Gasteiger partial charge in [0, 0.05) is 34.6 Å². The molecular formula is C20H22Cl2F2N4O. The van der Waals surface area contributed by atoms with Crippen molar-refractivity contribution in [3.05, 3.63) is 41.0 Å². The molecule has 0 radical (unpaired) electrons. The minimum Gasteiger partial charge on any atom is -0.507 e. The summed E-state index contributed by atoms with van der Waals surface area (Å²) < 4.78 is 30.5. The van der Waals surface area contributed by atoms with Crippen LogP contribution in [0.5, 0.6) is 5.75 Å². The van der Waals surface area contributed by atoms with E-state index in [9.17, 15) is 13.9 Å². The molecule has 9 heteroatoms. The highest BCUT2D eigenvalue weighted by molar-refractivity contribution is 6.31. The van der Waals surface area contributed by atoms with Gasteiger partial charge in [0.2, 0.25) is 0 Å². The van der Waals surface area contributed by atoms with E-state index in [1.54, 1.807) is 28.8 Å². The molecule has 3 heterocycles. The van der Waals surface area contributed by atoms with Crippen LogP contribution in [0.25, 0.3) is 22.3 Å². The predicted molar refractivity (Wildman–Crippen MR) is 112 cm³/mol. The maximum Gasteiger partial charge on any atom is 0.265 e. The number of phenolic OH excluding ortho intramolecular Hbond substituents is 1. The summed E-state index contributed by atoms with van der Waals surface area (Å²) >= 11 is 5.97. The highest BCUT2D eigenvalue weighted by Crippen LogP contribution is 2.36.